The maximum absolute atomic E-state index is 11.8. The zero-order valence-electron chi connectivity index (χ0n) is 9.12. The van der Waals surface area contributed by atoms with Crippen LogP contribution in [0.15, 0.2) is 29.2 Å². The van der Waals surface area contributed by atoms with Gasteiger partial charge in [0.15, 0.2) is 5.69 Å². The molecule has 6 heteroatoms. The number of carbonyl (C=O) groups is 1. The highest BCUT2D eigenvalue weighted by atomic mass is 16.5. The highest BCUT2D eigenvalue weighted by Gasteiger charge is 2.15. The topological polar surface area (TPSA) is 64.2 Å². The lowest BCUT2D eigenvalue weighted by Gasteiger charge is -2.13. The predicted octanol–water partition coefficient (Wildman–Crippen LogP) is 0.680. The summed E-state index contributed by atoms with van der Waals surface area (Å²) in [7, 11) is 3.55. The van der Waals surface area contributed by atoms with E-state index >= 15 is 0 Å². The van der Waals surface area contributed by atoms with Gasteiger partial charge in [0.2, 0.25) is 0 Å². The number of hydrogen-bond donors (Lipinski definition) is 0. The summed E-state index contributed by atoms with van der Waals surface area (Å²) in [5.74, 6) is -0.169. The molecule has 2 aromatic heterocycles. The van der Waals surface area contributed by atoms with Crippen molar-refractivity contribution >= 4 is 5.91 Å². The maximum Gasteiger partial charge on any atom is 0.276 e. The summed E-state index contributed by atoms with van der Waals surface area (Å²) in [5.41, 5.74) is 1.29. The van der Waals surface area contributed by atoms with Crippen LogP contribution in [0.25, 0.3) is 0 Å². The summed E-state index contributed by atoms with van der Waals surface area (Å²) < 4.78 is 6.32. The molecule has 0 aliphatic rings. The normalized spacial score (nSPS) is 10.4. The van der Waals surface area contributed by atoms with Gasteiger partial charge in [-0.2, -0.15) is 5.10 Å². The second-order valence-electron chi connectivity index (χ2n) is 3.57. The molecule has 0 unspecified atom stereocenters. The first kappa shape index (κ1) is 10.4. The van der Waals surface area contributed by atoms with Crippen LogP contribution in [0.1, 0.15) is 16.1 Å². The molecular formula is C10H12N4O2. The lowest BCUT2D eigenvalue weighted by Crippen LogP contribution is -2.26. The van der Waals surface area contributed by atoms with E-state index in [1.807, 2.05) is 13.2 Å². The van der Waals surface area contributed by atoms with Gasteiger partial charge in [0.25, 0.3) is 5.91 Å². The van der Waals surface area contributed by atoms with Crippen LogP contribution in [-0.4, -0.2) is 32.8 Å². The van der Waals surface area contributed by atoms with E-state index in [9.17, 15) is 4.79 Å². The molecule has 6 nitrogen and oxygen atoms in total. The highest BCUT2D eigenvalue weighted by molar-refractivity contribution is 5.91. The fourth-order valence-electron chi connectivity index (χ4n) is 1.42. The third-order valence-electron chi connectivity index (χ3n) is 2.18. The average molecular weight is 220 g/mol. The minimum Gasteiger partial charge on any atom is -0.364 e. The van der Waals surface area contributed by atoms with E-state index in [0.717, 1.165) is 5.56 Å². The van der Waals surface area contributed by atoms with Crippen molar-refractivity contribution in [2.75, 3.05) is 7.05 Å². The van der Waals surface area contributed by atoms with Crippen LogP contribution >= 0.6 is 0 Å². The number of hydrogen-bond acceptors (Lipinski definition) is 4. The van der Waals surface area contributed by atoms with E-state index < -0.39 is 0 Å². The summed E-state index contributed by atoms with van der Waals surface area (Å²) in [5, 5.41) is 7.63. The van der Waals surface area contributed by atoms with Crippen LogP contribution in [0, 0.1) is 0 Å². The summed E-state index contributed by atoms with van der Waals surface area (Å²) in [6.45, 7) is 0.500. The van der Waals surface area contributed by atoms with Crippen LogP contribution < -0.4 is 0 Å². The number of rotatable bonds is 3. The number of aromatic nitrogens is 3. The van der Waals surface area contributed by atoms with Crippen LogP contribution in [0.4, 0.5) is 0 Å². The monoisotopic (exact) mass is 220 g/mol. The fourth-order valence-corrected chi connectivity index (χ4v) is 1.42. The second kappa shape index (κ2) is 4.18. The van der Waals surface area contributed by atoms with E-state index in [4.69, 9.17) is 0 Å². The molecule has 0 fully saturated rings. The van der Waals surface area contributed by atoms with Crippen molar-refractivity contribution in [3.8, 4) is 0 Å². The van der Waals surface area contributed by atoms with Gasteiger partial charge in [-0.1, -0.05) is 5.16 Å². The molecule has 0 atom stereocenters. The zero-order valence-corrected chi connectivity index (χ0v) is 9.12. The molecule has 2 heterocycles. The summed E-state index contributed by atoms with van der Waals surface area (Å²) in [4.78, 5) is 13.4. The predicted molar refractivity (Wildman–Crippen MR) is 55.5 cm³/mol. The number of amides is 1. The Bertz CT molecular complexity index is 475. The molecule has 1 amide bonds. The van der Waals surface area contributed by atoms with Crippen LogP contribution in [0.2, 0.25) is 0 Å². The van der Waals surface area contributed by atoms with Gasteiger partial charge in [-0.25, -0.2) is 0 Å². The van der Waals surface area contributed by atoms with Gasteiger partial charge < -0.3 is 9.42 Å². The van der Waals surface area contributed by atoms with Crippen molar-refractivity contribution in [2.24, 2.45) is 7.05 Å². The van der Waals surface area contributed by atoms with Crippen molar-refractivity contribution in [3.05, 3.63) is 36.0 Å². The van der Waals surface area contributed by atoms with Gasteiger partial charge >= 0.3 is 0 Å². The van der Waals surface area contributed by atoms with Crippen molar-refractivity contribution in [3.63, 3.8) is 0 Å². The molecule has 0 bridgehead atoms. The van der Waals surface area contributed by atoms with Gasteiger partial charge in [0, 0.05) is 38.5 Å². The number of nitrogens with zero attached hydrogens (tertiary/aromatic N) is 4. The molecule has 0 N–H and O–H groups in total. The molecule has 2 rings (SSSR count). The quantitative estimate of drug-likeness (QED) is 0.763. The minimum absolute atomic E-state index is 0.169. The van der Waals surface area contributed by atoms with Gasteiger partial charge in [-0.05, 0) is 0 Å². The number of aryl methyl sites for hydroxylation is 1. The molecule has 16 heavy (non-hydrogen) atoms. The molecule has 0 aliphatic heterocycles. The molecule has 0 aromatic carbocycles. The lowest BCUT2D eigenvalue weighted by atomic mass is 10.3. The van der Waals surface area contributed by atoms with Crippen molar-refractivity contribution in [2.45, 2.75) is 6.54 Å². The fraction of sp³-hybridized carbons (Fsp3) is 0.300. The van der Waals surface area contributed by atoms with E-state index in [0.29, 0.717) is 12.2 Å². The smallest absolute Gasteiger partial charge is 0.276 e. The molecular weight excluding hydrogens is 208 g/mol. The van der Waals surface area contributed by atoms with Gasteiger partial charge in [-0.3, -0.25) is 9.48 Å². The van der Waals surface area contributed by atoms with Crippen molar-refractivity contribution < 1.29 is 9.32 Å². The van der Waals surface area contributed by atoms with Crippen LogP contribution in [0.3, 0.4) is 0 Å². The van der Waals surface area contributed by atoms with E-state index in [-0.39, 0.29) is 5.91 Å². The zero-order chi connectivity index (χ0) is 11.5. The molecule has 2 aromatic rings. The molecule has 84 valence electrons. The first-order valence-electron chi connectivity index (χ1n) is 4.80. The Morgan fingerprint density at radius 2 is 2.44 bits per heavy atom. The SMILES string of the molecule is CN(Cc1cnn(C)c1)C(=O)c1ccon1. The maximum atomic E-state index is 11.8. The van der Waals surface area contributed by atoms with Gasteiger partial charge in [-0.15, -0.1) is 0 Å². The Morgan fingerprint density at radius 1 is 1.62 bits per heavy atom. The van der Waals surface area contributed by atoms with Crippen molar-refractivity contribution in [1.82, 2.24) is 19.8 Å². The Morgan fingerprint density at radius 3 is 3.00 bits per heavy atom. The highest BCUT2D eigenvalue weighted by Crippen LogP contribution is 2.05. The van der Waals surface area contributed by atoms with Gasteiger partial charge in [0.05, 0.1) is 6.20 Å². The van der Waals surface area contributed by atoms with Crippen molar-refractivity contribution in [1.29, 1.82) is 0 Å². The average Bonchev–Trinajstić information content (AvgIpc) is 2.88. The third-order valence-corrected chi connectivity index (χ3v) is 2.18. The molecule has 0 saturated heterocycles. The first-order chi connectivity index (χ1) is 7.66. The standard InChI is InChI=1S/C10H12N4O2/c1-13(6-8-5-11-14(2)7-8)10(15)9-3-4-16-12-9/h3-5,7H,6H2,1-2H3. The third kappa shape index (κ3) is 2.10. The largest absolute Gasteiger partial charge is 0.364 e. The lowest BCUT2D eigenvalue weighted by molar-refractivity contribution is 0.0774. The Balaban J connectivity index is 2.03. The Hall–Kier alpha value is -2.11. The van der Waals surface area contributed by atoms with Crippen LogP contribution in [-0.2, 0) is 13.6 Å². The summed E-state index contributed by atoms with van der Waals surface area (Å²) >= 11 is 0. The van der Waals surface area contributed by atoms with E-state index in [1.54, 1.807) is 28.9 Å². The molecule has 0 spiro atoms. The first-order valence-corrected chi connectivity index (χ1v) is 4.80. The Labute approximate surface area is 92.4 Å². The molecule has 0 saturated carbocycles. The number of carbonyl (C=O) groups excluding carboxylic acids is 1. The van der Waals surface area contributed by atoms with Gasteiger partial charge in [0.1, 0.15) is 6.26 Å². The Kier molecular flexibility index (Phi) is 2.72. The molecule has 0 radical (unpaired) electrons. The van der Waals surface area contributed by atoms with E-state index in [1.165, 1.54) is 6.26 Å². The summed E-state index contributed by atoms with van der Waals surface area (Å²) in [6, 6.07) is 1.54. The molecule has 0 aliphatic carbocycles. The second-order valence-corrected chi connectivity index (χ2v) is 3.57. The van der Waals surface area contributed by atoms with Crippen LogP contribution in [0.5, 0.6) is 0 Å². The summed E-state index contributed by atoms with van der Waals surface area (Å²) in [6.07, 6.45) is 4.98. The minimum atomic E-state index is -0.169. The van der Waals surface area contributed by atoms with E-state index in [2.05, 4.69) is 14.8 Å².